The number of aromatic amines is 1. The number of hydrogen-bond acceptors (Lipinski definition) is 4. The molecule has 1 aliphatic carbocycles. The molecule has 8 nitrogen and oxygen atoms in total. The molecule has 2 amide bonds. The number of benzene rings is 1. The molecule has 1 atom stereocenters. The number of carbonyl (C=O) groups is 2. The van der Waals surface area contributed by atoms with Gasteiger partial charge in [0.1, 0.15) is 11.7 Å². The van der Waals surface area contributed by atoms with Gasteiger partial charge in [-0.05, 0) is 60.1 Å². The molecule has 32 heavy (non-hydrogen) atoms. The predicted molar refractivity (Wildman–Crippen MR) is 122 cm³/mol. The number of rotatable bonds is 6. The number of pyridine rings is 1. The fourth-order valence-corrected chi connectivity index (χ4v) is 4.44. The minimum absolute atomic E-state index is 0.0690. The lowest BCUT2D eigenvalue weighted by Gasteiger charge is -2.32. The lowest BCUT2D eigenvalue weighted by atomic mass is 9.79. The molecule has 0 bridgehead atoms. The maximum absolute atomic E-state index is 13.4. The first-order chi connectivity index (χ1) is 15.4. The standard InChI is InChI=1S/C24H27N5O3/c1-15-2-4-17(5-3-15)22(29-20(23(25)31)11-13-27-29)24(32)28-19-8-6-16(7-9-19)18-10-12-26-21(30)14-18/h6-15,17,22H,2-5H2,1H3,(H2,25,31)(H,26,30)(H,28,32)/t15?,17?,22-/m0/s1. The summed E-state index contributed by atoms with van der Waals surface area (Å²) in [6.45, 7) is 2.22. The van der Waals surface area contributed by atoms with E-state index in [-0.39, 0.29) is 23.1 Å². The van der Waals surface area contributed by atoms with Crippen molar-refractivity contribution in [1.82, 2.24) is 14.8 Å². The van der Waals surface area contributed by atoms with Crippen LogP contribution in [0.1, 0.15) is 49.1 Å². The van der Waals surface area contributed by atoms with Gasteiger partial charge >= 0.3 is 0 Å². The lowest BCUT2D eigenvalue weighted by molar-refractivity contribution is -0.121. The smallest absolute Gasteiger partial charge is 0.267 e. The number of primary amides is 1. The van der Waals surface area contributed by atoms with Crippen LogP contribution in [0.4, 0.5) is 5.69 Å². The van der Waals surface area contributed by atoms with E-state index in [1.165, 1.54) is 16.9 Å². The predicted octanol–water partition coefficient (Wildman–Crippen LogP) is 3.34. The summed E-state index contributed by atoms with van der Waals surface area (Å²) in [6, 6.07) is 11.6. The summed E-state index contributed by atoms with van der Waals surface area (Å²) in [6.07, 6.45) is 6.95. The van der Waals surface area contributed by atoms with Gasteiger partial charge in [-0.3, -0.25) is 14.4 Å². The fourth-order valence-electron chi connectivity index (χ4n) is 4.44. The van der Waals surface area contributed by atoms with E-state index in [1.54, 1.807) is 24.4 Å². The van der Waals surface area contributed by atoms with E-state index in [2.05, 4.69) is 22.3 Å². The number of hydrogen-bond donors (Lipinski definition) is 3. The van der Waals surface area contributed by atoms with Gasteiger partial charge in [-0.1, -0.05) is 31.9 Å². The number of carbonyl (C=O) groups excluding carboxylic acids is 2. The molecule has 0 spiro atoms. The molecule has 1 fully saturated rings. The minimum Gasteiger partial charge on any atom is -0.364 e. The quantitative estimate of drug-likeness (QED) is 0.552. The van der Waals surface area contributed by atoms with Crippen molar-refractivity contribution in [3.8, 4) is 11.1 Å². The monoisotopic (exact) mass is 433 g/mol. The molecule has 1 aromatic carbocycles. The Labute approximate surface area is 185 Å². The van der Waals surface area contributed by atoms with Gasteiger partial charge in [0.15, 0.2) is 0 Å². The van der Waals surface area contributed by atoms with Gasteiger partial charge in [-0.15, -0.1) is 0 Å². The van der Waals surface area contributed by atoms with Crippen molar-refractivity contribution in [1.29, 1.82) is 0 Å². The molecule has 0 radical (unpaired) electrons. The lowest BCUT2D eigenvalue weighted by Crippen LogP contribution is -2.36. The van der Waals surface area contributed by atoms with Crippen molar-refractivity contribution in [3.05, 3.63) is 70.9 Å². The highest BCUT2D eigenvalue weighted by Gasteiger charge is 2.35. The van der Waals surface area contributed by atoms with Crippen LogP contribution in [-0.4, -0.2) is 26.6 Å². The summed E-state index contributed by atoms with van der Waals surface area (Å²) >= 11 is 0. The Bertz CT molecular complexity index is 1160. The van der Waals surface area contributed by atoms with Gasteiger partial charge in [-0.2, -0.15) is 5.10 Å². The average molecular weight is 434 g/mol. The van der Waals surface area contributed by atoms with Crippen molar-refractivity contribution in [3.63, 3.8) is 0 Å². The normalized spacial score (nSPS) is 19.3. The summed E-state index contributed by atoms with van der Waals surface area (Å²) in [4.78, 5) is 39.5. The van der Waals surface area contributed by atoms with Crippen LogP contribution in [0.15, 0.2) is 59.7 Å². The molecule has 166 valence electrons. The number of anilines is 1. The van der Waals surface area contributed by atoms with Gasteiger partial charge < -0.3 is 16.0 Å². The first-order valence-electron chi connectivity index (χ1n) is 10.9. The van der Waals surface area contributed by atoms with Crippen LogP contribution < -0.4 is 16.6 Å². The third-order valence-electron chi connectivity index (χ3n) is 6.22. The Balaban J connectivity index is 1.58. The van der Waals surface area contributed by atoms with E-state index >= 15 is 0 Å². The zero-order valence-electron chi connectivity index (χ0n) is 18.0. The fraction of sp³-hybridized carbons (Fsp3) is 0.333. The van der Waals surface area contributed by atoms with Crippen molar-refractivity contribution in [2.24, 2.45) is 17.6 Å². The largest absolute Gasteiger partial charge is 0.364 e. The Morgan fingerprint density at radius 3 is 2.47 bits per heavy atom. The van der Waals surface area contributed by atoms with Crippen LogP contribution in [0.25, 0.3) is 11.1 Å². The SMILES string of the molecule is CC1CCC([C@@H](C(=O)Nc2ccc(-c3cc[nH]c(=O)c3)cc2)n2nccc2C(N)=O)CC1. The highest BCUT2D eigenvalue weighted by Crippen LogP contribution is 2.36. The molecule has 4 rings (SSSR count). The molecule has 8 heteroatoms. The van der Waals surface area contributed by atoms with Crippen LogP contribution >= 0.6 is 0 Å². The summed E-state index contributed by atoms with van der Waals surface area (Å²) < 4.78 is 1.48. The molecular formula is C24H27N5O3. The van der Waals surface area contributed by atoms with Crippen LogP contribution in [0, 0.1) is 11.8 Å². The zero-order chi connectivity index (χ0) is 22.7. The number of nitrogens with one attached hydrogen (secondary N) is 2. The number of nitrogens with zero attached hydrogens (tertiary/aromatic N) is 2. The zero-order valence-corrected chi connectivity index (χ0v) is 18.0. The second-order valence-electron chi connectivity index (χ2n) is 8.50. The summed E-state index contributed by atoms with van der Waals surface area (Å²) in [7, 11) is 0. The maximum atomic E-state index is 13.4. The van der Waals surface area contributed by atoms with Crippen LogP contribution in [0.5, 0.6) is 0 Å². The van der Waals surface area contributed by atoms with Gasteiger partial charge in [-0.25, -0.2) is 4.68 Å². The third-order valence-corrected chi connectivity index (χ3v) is 6.22. The second kappa shape index (κ2) is 9.21. The Hall–Kier alpha value is -3.68. The average Bonchev–Trinajstić information content (AvgIpc) is 3.25. The highest BCUT2D eigenvalue weighted by molar-refractivity contribution is 5.96. The van der Waals surface area contributed by atoms with Crippen molar-refractivity contribution >= 4 is 17.5 Å². The summed E-state index contributed by atoms with van der Waals surface area (Å²) in [5, 5.41) is 7.25. The molecule has 0 unspecified atom stereocenters. The minimum atomic E-state index is -0.618. The molecule has 0 aliphatic heterocycles. The van der Waals surface area contributed by atoms with E-state index in [1.807, 2.05) is 18.2 Å². The van der Waals surface area contributed by atoms with Gasteiger partial charge in [0.05, 0.1) is 0 Å². The Morgan fingerprint density at radius 2 is 1.81 bits per heavy atom. The van der Waals surface area contributed by atoms with E-state index < -0.39 is 11.9 Å². The number of aromatic nitrogens is 3. The first kappa shape index (κ1) is 21.5. The van der Waals surface area contributed by atoms with E-state index in [9.17, 15) is 14.4 Å². The van der Waals surface area contributed by atoms with Gasteiger partial charge in [0.2, 0.25) is 11.5 Å². The summed E-state index contributed by atoms with van der Waals surface area (Å²) in [5.74, 6) is -0.133. The number of nitrogens with two attached hydrogens (primary N) is 1. The van der Waals surface area contributed by atoms with Crippen molar-refractivity contribution in [2.45, 2.75) is 38.6 Å². The number of H-pyrrole nitrogens is 1. The maximum Gasteiger partial charge on any atom is 0.267 e. The van der Waals surface area contributed by atoms with E-state index in [0.29, 0.717) is 11.6 Å². The molecule has 4 N–H and O–H groups in total. The topological polar surface area (TPSA) is 123 Å². The van der Waals surface area contributed by atoms with Crippen LogP contribution in [-0.2, 0) is 4.79 Å². The highest BCUT2D eigenvalue weighted by atomic mass is 16.2. The molecule has 1 aliphatic rings. The molecule has 1 saturated carbocycles. The molecule has 3 aromatic rings. The Kier molecular flexibility index (Phi) is 6.20. The molecule has 2 aromatic heterocycles. The van der Waals surface area contributed by atoms with Crippen molar-refractivity contribution < 1.29 is 9.59 Å². The Morgan fingerprint density at radius 1 is 1.09 bits per heavy atom. The second-order valence-corrected chi connectivity index (χ2v) is 8.50. The van der Waals surface area contributed by atoms with E-state index in [0.717, 1.165) is 36.8 Å². The number of amides is 2. The van der Waals surface area contributed by atoms with Crippen LogP contribution in [0.2, 0.25) is 0 Å². The molecule has 2 heterocycles. The molecular weight excluding hydrogens is 406 g/mol. The van der Waals surface area contributed by atoms with E-state index in [4.69, 9.17) is 5.73 Å². The van der Waals surface area contributed by atoms with Gasteiger partial charge in [0, 0.05) is 24.1 Å². The van der Waals surface area contributed by atoms with Gasteiger partial charge in [0.25, 0.3) is 5.91 Å². The third kappa shape index (κ3) is 4.64. The van der Waals surface area contributed by atoms with Crippen LogP contribution in [0.3, 0.4) is 0 Å². The molecule has 0 saturated heterocycles. The first-order valence-corrected chi connectivity index (χ1v) is 10.9. The van der Waals surface area contributed by atoms with Crippen molar-refractivity contribution in [2.75, 3.05) is 5.32 Å². The summed E-state index contributed by atoms with van der Waals surface area (Å²) in [5.41, 5.74) is 7.88.